The zero-order valence-electron chi connectivity index (χ0n) is 14.0. The molecule has 0 aliphatic carbocycles. The van der Waals surface area contributed by atoms with Gasteiger partial charge in [0.1, 0.15) is 11.5 Å². The molecular weight excluding hydrogens is 324 g/mol. The van der Waals surface area contributed by atoms with Crippen molar-refractivity contribution in [1.29, 1.82) is 0 Å². The van der Waals surface area contributed by atoms with Gasteiger partial charge in [0, 0.05) is 16.9 Å². The Morgan fingerprint density at radius 2 is 2.12 bits per heavy atom. The monoisotopic (exact) mass is 346 g/mol. The van der Waals surface area contributed by atoms with Crippen molar-refractivity contribution in [2.24, 2.45) is 5.10 Å². The highest BCUT2D eigenvalue weighted by Crippen LogP contribution is 2.22. The molecule has 1 heterocycles. The van der Waals surface area contributed by atoms with E-state index in [0.29, 0.717) is 17.9 Å². The van der Waals surface area contributed by atoms with Crippen molar-refractivity contribution < 1.29 is 14.3 Å². The number of unbranched alkanes of at least 4 members (excludes halogenated alkanes) is 1. The maximum atomic E-state index is 11.8. The molecule has 0 saturated carbocycles. The molecule has 2 rings (SSSR count). The average Bonchev–Trinajstić information content (AvgIpc) is 3.12. The Hall–Kier alpha value is -2.34. The molecule has 0 aliphatic rings. The van der Waals surface area contributed by atoms with Crippen LogP contribution in [0.15, 0.2) is 40.8 Å². The molecule has 1 N–H and O–H groups in total. The minimum absolute atomic E-state index is 0.0840. The van der Waals surface area contributed by atoms with Gasteiger partial charge in [-0.2, -0.15) is 5.10 Å². The van der Waals surface area contributed by atoms with E-state index in [1.54, 1.807) is 43.9 Å². The number of carbonyl (C=O) groups is 1. The zero-order valence-corrected chi connectivity index (χ0v) is 14.8. The van der Waals surface area contributed by atoms with E-state index in [0.717, 1.165) is 24.8 Å². The van der Waals surface area contributed by atoms with Gasteiger partial charge in [0.25, 0.3) is 0 Å². The molecule has 0 unspecified atom stereocenters. The van der Waals surface area contributed by atoms with Crippen molar-refractivity contribution in [3.05, 3.63) is 46.2 Å². The molecule has 0 saturated heterocycles. The average molecular weight is 346 g/mol. The number of ether oxygens (including phenoxy) is 2. The largest absolute Gasteiger partial charge is 0.497 e. The summed E-state index contributed by atoms with van der Waals surface area (Å²) in [5.41, 5.74) is 3.30. The zero-order chi connectivity index (χ0) is 17.2. The second kappa shape index (κ2) is 9.72. The van der Waals surface area contributed by atoms with Crippen LogP contribution < -0.4 is 14.9 Å². The number of nitrogens with zero attached hydrogens (tertiary/aromatic N) is 1. The van der Waals surface area contributed by atoms with Crippen molar-refractivity contribution >= 4 is 23.5 Å². The molecule has 0 spiro atoms. The quantitative estimate of drug-likeness (QED) is 0.428. The molecule has 0 bridgehead atoms. The molecule has 1 amide bonds. The molecule has 0 aliphatic heterocycles. The van der Waals surface area contributed by atoms with Crippen LogP contribution in [0.25, 0.3) is 0 Å². The Balaban J connectivity index is 1.75. The Kier molecular flexibility index (Phi) is 7.29. The first kappa shape index (κ1) is 18.0. The van der Waals surface area contributed by atoms with E-state index in [2.05, 4.69) is 22.0 Å². The first-order valence-corrected chi connectivity index (χ1v) is 8.67. The summed E-state index contributed by atoms with van der Waals surface area (Å²) in [5, 5.41) is 6.07. The number of nitrogens with one attached hydrogen (secondary N) is 1. The van der Waals surface area contributed by atoms with Crippen LogP contribution >= 0.6 is 11.3 Å². The summed E-state index contributed by atoms with van der Waals surface area (Å²) < 4.78 is 10.4. The second-order valence-electron chi connectivity index (χ2n) is 5.19. The van der Waals surface area contributed by atoms with E-state index < -0.39 is 0 Å². The van der Waals surface area contributed by atoms with Gasteiger partial charge in [-0.3, -0.25) is 4.79 Å². The first-order chi connectivity index (χ1) is 11.7. The van der Waals surface area contributed by atoms with Crippen molar-refractivity contribution in [2.75, 3.05) is 14.2 Å². The lowest BCUT2D eigenvalue weighted by molar-refractivity contribution is -0.121. The topological polar surface area (TPSA) is 59.9 Å². The van der Waals surface area contributed by atoms with Crippen LogP contribution in [0.3, 0.4) is 0 Å². The van der Waals surface area contributed by atoms with E-state index >= 15 is 0 Å². The van der Waals surface area contributed by atoms with Crippen LogP contribution in [-0.4, -0.2) is 26.3 Å². The number of methoxy groups -OCH3 is 2. The summed E-state index contributed by atoms with van der Waals surface area (Å²) in [6, 6.07) is 9.58. The van der Waals surface area contributed by atoms with Crippen molar-refractivity contribution in [1.82, 2.24) is 5.43 Å². The van der Waals surface area contributed by atoms with Gasteiger partial charge in [0.2, 0.25) is 5.91 Å². The number of benzene rings is 1. The summed E-state index contributed by atoms with van der Waals surface area (Å²) >= 11 is 1.75. The number of hydrogen-bond donors (Lipinski definition) is 1. The molecule has 0 fully saturated rings. The van der Waals surface area contributed by atoms with Crippen LogP contribution in [0.1, 0.15) is 29.7 Å². The number of thiophene rings is 1. The highest BCUT2D eigenvalue weighted by atomic mass is 32.1. The van der Waals surface area contributed by atoms with Gasteiger partial charge in [-0.05, 0) is 48.9 Å². The fourth-order valence-corrected chi connectivity index (χ4v) is 2.96. The summed E-state index contributed by atoms with van der Waals surface area (Å²) in [7, 11) is 3.19. The maximum Gasteiger partial charge on any atom is 0.240 e. The van der Waals surface area contributed by atoms with E-state index in [1.165, 1.54) is 4.88 Å². The Morgan fingerprint density at radius 1 is 1.25 bits per heavy atom. The van der Waals surface area contributed by atoms with E-state index in [9.17, 15) is 4.79 Å². The number of aryl methyl sites for hydroxylation is 1. The summed E-state index contributed by atoms with van der Waals surface area (Å²) in [4.78, 5) is 13.2. The molecule has 0 radical (unpaired) electrons. The van der Waals surface area contributed by atoms with Crippen molar-refractivity contribution in [3.8, 4) is 11.5 Å². The van der Waals surface area contributed by atoms with Crippen molar-refractivity contribution in [2.45, 2.75) is 25.7 Å². The molecule has 2 aromatic rings. The fraction of sp³-hybridized carbons (Fsp3) is 0.333. The van der Waals surface area contributed by atoms with Gasteiger partial charge >= 0.3 is 0 Å². The normalized spacial score (nSPS) is 10.8. The highest BCUT2D eigenvalue weighted by molar-refractivity contribution is 7.09. The smallest absolute Gasteiger partial charge is 0.240 e. The highest BCUT2D eigenvalue weighted by Gasteiger charge is 2.04. The Morgan fingerprint density at radius 3 is 2.83 bits per heavy atom. The second-order valence-corrected chi connectivity index (χ2v) is 6.22. The minimum atomic E-state index is -0.0840. The predicted octanol–water partition coefficient (Wildman–Crippen LogP) is 3.63. The number of hydrogen-bond acceptors (Lipinski definition) is 5. The molecular formula is C18H22N2O3S. The summed E-state index contributed by atoms with van der Waals surface area (Å²) in [6.07, 6.45) is 4.90. The van der Waals surface area contributed by atoms with Gasteiger partial charge in [-0.15, -0.1) is 11.3 Å². The van der Waals surface area contributed by atoms with Crippen LogP contribution in [0.4, 0.5) is 0 Å². The van der Waals surface area contributed by atoms with Gasteiger partial charge in [-0.1, -0.05) is 6.07 Å². The van der Waals surface area contributed by atoms with Crippen LogP contribution in [0, 0.1) is 0 Å². The number of rotatable bonds is 9. The third-order valence-corrected chi connectivity index (χ3v) is 4.42. The lowest BCUT2D eigenvalue weighted by Crippen LogP contribution is -2.17. The van der Waals surface area contributed by atoms with E-state index in [4.69, 9.17) is 9.47 Å². The number of hydrazone groups is 1. The van der Waals surface area contributed by atoms with Crippen LogP contribution in [0.5, 0.6) is 11.5 Å². The van der Waals surface area contributed by atoms with Crippen LogP contribution in [-0.2, 0) is 11.2 Å². The van der Waals surface area contributed by atoms with Gasteiger partial charge in [-0.25, -0.2) is 5.43 Å². The molecule has 0 atom stereocenters. The minimum Gasteiger partial charge on any atom is -0.497 e. The third kappa shape index (κ3) is 5.70. The summed E-state index contributed by atoms with van der Waals surface area (Å²) in [6.45, 7) is 0. The molecule has 128 valence electrons. The SMILES string of the molecule is COc1ccc(OC)c(C=NNC(=O)CCCCc2cccs2)c1. The van der Waals surface area contributed by atoms with Gasteiger partial charge in [0.05, 0.1) is 20.4 Å². The first-order valence-electron chi connectivity index (χ1n) is 7.79. The summed E-state index contributed by atoms with van der Waals surface area (Å²) in [5.74, 6) is 1.29. The molecule has 5 nitrogen and oxygen atoms in total. The standard InChI is InChI=1S/C18H22N2O3S/c1-22-15-9-10-17(23-2)14(12-15)13-19-20-18(21)8-4-3-6-16-7-5-11-24-16/h5,7,9-13H,3-4,6,8H2,1-2H3,(H,20,21). The Labute approximate surface area is 146 Å². The van der Waals surface area contributed by atoms with Crippen molar-refractivity contribution in [3.63, 3.8) is 0 Å². The van der Waals surface area contributed by atoms with Gasteiger partial charge < -0.3 is 9.47 Å². The molecule has 1 aromatic heterocycles. The predicted molar refractivity (Wildman–Crippen MR) is 97.2 cm³/mol. The van der Waals surface area contributed by atoms with E-state index in [-0.39, 0.29) is 5.91 Å². The van der Waals surface area contributed by atoms with Gasteiger partial charge in [0.15, 0.2) is 0 Å². The number of amides is 1. The fourth-order valence-electron chi connectivity index (χ4n) is 2.21. The maximum absolute atomic E-state index is 11.8. The molecule has 24 heavy (non-hydrogen) atoms. The van der Waals surface area contributed by atoms with E-state index in [1.807, 2.05) is 12.1 Å². The van der Waals surface area contributed by atoms with Crippen LogP contribution in [0.2, 0.25) is 0 Å². The third-order valence-electron chi connectivity index (χ3n) is 3.49. The number of carbonyl (C=O) groups excluding carboxylic acids is 1. The molecule has 1 aromatic carbocycles. The lowest BCUT2D eigenvalue weighted by atomic mass is 10.1. The lowest BCUT2D eigenvalue weighted by Gasteiger charge is -2.06. The Bertz CT molecular complexity index is 669. The molecule has 6 heteroatoms.